The molecule has 36 heavy (non-hydrogen) atoms. The van der Waals surface area contributed by atoms with Crippen LogP contribution in [0.15, 0.2) is 36.8 Å². The Morgan fingerprint density at radius 1 is 1.08 bits per heavy atom. The second-order valence-corrected chi connectivity index (χ2v) is 8.66. The van der Waals surface area contributed by atoms with Crippen molar-refractivity contribution in [2.75, 3.05) is 40.0 Å². The molecule has 1 saturated heterocycles. The van der Waals surface area contributed by atoms with Gasteiger partial charge in [0, 0.05) is 43.4 Å². The van der Waals surface area contributed by atoms with Gasteiger partial charge in [0.1, 0.15) is 17.7 Å². The minimum Gasteiger partial charge on any atom is -0.493 e. The van der Waals surface area contributed by atoms with E-state index in [-0.39, 0.29) is 18.9 Å². The summed E-state index contributed by atoms with van der Waals surface area (Å²) in [6.45, 7) is 5.03. The fourth-order valence-electron chi connectivity index (χ4n) is 4.28. The Morgan fingerprint density at radius 3 is 2.72 bits per heavy atom. The number of nitrogens with one attached hydrogen (secondary N) is 1. The molecular formula is C26H29N5O5. The van der Waals surface area contributed by atoms with Crippen molar-refractivity contribution in [1.82, 2.24) is 24.8 Å². The first-order valence-corrected chi connectivity index (χ1v) is 12.0. The summed E-state index contributed by atoms with van der Waals surface area (Å²) >= 11 is 0. The molecule has 10 nitrogen and oxygen atoms in total. The number of benzene rings is 1. The largest absolute Gasteiger partial charge is 0.493 e. The van der Waals surface area contributed by atoms with E-state index in [0.29, 0.717) is 60.3 Å². The molecule has 188 valence electrons. The molecule has 4 aromatic rings. The van der Waals surface area contributed by atoms with Crippen molar-refractivity contribution >= 4 is 27.8 Å². The van der Waals surface area contributed by atoms with Gasteiger partial charge >= 0.3 is 0 Å². The Morgan fingerprint density at radius 2 is 1.92 bits per heavy atom. The molecule has 0 unspecified atom stereocenters. The van der Waals surface area contributed by atoms with E-state index in [1.165, 1.54) is 6.33 Å². The van der Waals surface area contributed by atoms with Gasteiger partial charge in [0.25, 0.3) is 0 Å². The number of fused-ring (bicyclic) bond motifs is 2. The van der Waals surface area contributed by atoms with Crippen LogP contribution in [0.25, 0.3) is 21.9 Å². The number of hydrogen-bond donors (Lipinski definition) is 1. The van der Waals surface area contributed by atoms with Gasteiger partial charge in [-0.25, -0.2) is 15.0 Å². The SMILES string of the molecule is COc1cc2c(Oc3cnc4[nH]c(C)cc4c3)ncnc2cc1OCCC(=O)N1CCCOCCC1. The fraction of sp³-hybridized carbons (Fsp3) is 0.385. The average molecular weight is 492 g/mol. The van der Waals surface area contributed by atoms with E-state index >= 15 is 0 Å². The first-order chi connectivity index (χ1) is 17.6. The lowest BCUT2D eigenvalue weighted by Gasteiger charge is -2.25. The van der Waals surface area contributed by atoms with E-state index in [4.69, 9.17) is 18.9 Å². The van der Waals surface area contributed by atoms with Gasteiger partial charge in [-0.3, -0.25) is 4.79 Å². The Hall–Kier alpha value is -3.92. The van der Waals surface area contributed by atoms with Gasteiger partial charge in [-0.2, -0.15) is 0 Å². The number of pyridine rings is 1. The molecule has 0 bridgehead atoms. The number of rotatable bonds is 7. The Balaban J connectivity index is 1.30. The summed E-state index contributed by atoms with van der Waals surface area (Å²) in [4.78, 5) is 30.8. The molecule has 0 spiro atoms. The van der Waals surface area contributed by atoms with E-state index in [1.54, 1.807) is 25.4 Å². The Kier molecular flexibility index (Phi) is 7.13. The molecular weight excluding hydrogens is 462 g/mol. The summed E-state index contributed by atoms with van der Waals surface area (Å²) in [5.41, 5.74) is 2.46. The smallest absolute Gasteiger partial charge is 0.230 e. The molecule has 3 aromatic heterocycles. The van der Waals surface area contributed by atoms with Crippen LogP contribution in [0.5, 0.6) is 23.1 Å². The number of ether oxygens (including phenoxy) is 4. The van der Waals surface area contributed by atoms with E-state index in [0.717, 1.165) is 29.6 Å². The van der Waals surface area contributed by atoms with Crippen LogP contribution in [0.4, 0.5) is 0 Å². The molecule has 10 heteroatoms. The van der Waals surface area contributed by atoms with Crippen molar-refractivity contribution in [2.45, 2.75) is 26.2 Å². The molecule has 5 rings (SSSR count). The molecule has 1 amide bonds. The molecule has 1 N–H and O–H groups in total. The highest BCUT2D eigenvalue weighted by molar-refractivity contribution is 5.87. The number of H-pyrrole nitrogens is 1. The highest BCUT2D eigenvalue weighted by Gasteiger charge is 2.17. The van der Waals surface area contributed by atoms with Crippen LogP contribution in [0, 0.1) is 6.92 Å². The van der Waals surface area contributed by atoms with Crippen LogP contribution in [0.3, 0.4) is 0 Å². The number of amides is 1. The number of hydrogen-bond acceptors (Lipinski definition) is 8. The van der Waals surface area contributed by atoms with E-state index in [9.17, 15) is 4.79 Å². The second-order valence-electron chi connectivity index (χ2n) is 8.66. The topological polar surface area (TPSA) is 112 Å². The lowest BCUT2D eigenvalue weighted by atomic mass is 10.2. The summed E-state index contributed by atoms with van der Waals surface area (Å²) < 4.78 is 23.0. The van der Waals surface area contributed by atoms with Crippen molar-refractivity contribution in [3.05, 3.63) is 42.5 Å². The Labute approximate surface area is 208 Å². The Bertz CT molecular complexity index is 1360. The van der Waals surface area contributed by atoms with E-state index in [1.807, 2.05) is 24.0 Å². The van der Waals surface area contributed by atoms with Crippen LogP contribution in [0.1, 0.15) is 25.0 Å². The molecule has 0 saturated carbocycles. The lowest BCUT2D eigenvalue weighted by Crippen LogP contribution is -2.36. The third kappa shape index (κ3) is 5.33. The summed E-state index contributed by atoms with van der Waals surface area (Å²) in [5.74, 6) is 2.05. The molecule has 1 fully saturated rings. The van der Waals surface area contributed by atoms with Crippen molar-refractivity contribution in [1.29, 1.82) is 0 Å². The number of carbonyl (C=O) groups is 1. The predicted molar refractivity (Wildman–Crippen MR) is 134 cm³/mol. The lowest BCUT2D eigenvalue weighted by molar-refractivity contribution is -0.132. The predicted octanol–water partition coefficient (Wildman–Crippen LogP) is 4.02. The molecule has 1 aromatic carbocycles. The monoisotopic (exact) mass is 491 g/mol. The van der Waals surface area contributed by atoms with Gasteiger partial charge in [-0.1, -0.05) is 0 Å². The number of aromatic nitrogens is 4. The van der Waals surface area contributed by atoms with Gasteiger partial charge in [0.05, 0.1) is 37.2 Å². The number of aryl methyl sites for hydroxylation is 1. The first-order valence-electron chi connectivity index (χ1n) is 12.0. The zero-order chi connectivity index (χ0) is 24.9. The number of carbonyl (C=O) groups excluding carboxylic acids is 1. The van der Waals surface area contributed by atoms with E-state index in [2.05, 4.69) is 19.9 Å². The summed E-state index contributed by atoms with van der Waals surface area (Å²) in [6, 6.07) is 7.47. The summed E-state index contributed by atoms with van der Waals surface area (Å²) in [5, 5.41) is 1.63. The standard InChI is InChI=1S/C26H29N5O5/c1-17-11-18-12-19(15-27-25(18)30-17)36-26-20-13-22(33-2)23(14-21(20)28-16-29-26)35-10-5-24(32)31-6-3-8-34-9-4-7-31/h11-16H,3-10H2,1-2H3,(H,27,30). The van der Waals surface area contributed by atoms with Gasteiger partial charge in [-0.05, 0) is 38.0 Å². The maximum absolute atomic E-state index is 12.7. The zero-order valence-electron chi connectivity index (χ0n) is 20.5. The molecule has 0 radical (unpaired) electrons. The van der Waals surface area contributed by atoms with Crippen LogP contribution in [-0.2, 0) is 9.53 Å². The number of nitrogens with zero attached hydrogens (tertiary/aromatic N) is 4. The van der Waals surface area contributed by atoms with Crippen LogP contribution in [-0.4, -0.2) is 70.8 Å². The van der Waals surface area contributed by atoms with Crippen molar-refractivity contribution in [3.8, 4) is 23.1 Å². The van der Waals surface area contributed by atoms with E-state index < -0.39 is 0 Å². The minimum absolute atomic E-state index is 0.0814. The highest BCUT2D eigenvalue weighted by Crippen LogP contribution is 2.36. The maximum Gasteiger partial charge on any atom is 0.230 e. The molecule has 0 aliphatic carbocycles. The number of methoxy groups -OCH3 is 1. The van der Waals surface area contributed by atoms with Crippen LogP contribution in [0.2, 0.25) is 0 Å². The van der Waals surface area contributed by atoms with Gasteiger partial charge in [0.15, 0.2) is 11.5 Å². The highest BCUT2D eigenvalue weighted by atomic mass is 16.5. The fourth-order valence-corrected chi connectivity index (χ4v) is 4.28. The first kappa shape index (κ1) is 23.8. The molecule has 1 aliphatic heterocycles. The summed E-state index contributed by atoms with van der Waals surface area (Å²) in [6.07, 6.45) is 5.08. The molecule has 0 atom stereocenters. The number of aromatic amines is 1. The third-order valence-electron chi connectivity index (χ3n) is 6.04. The van der Waals surface area contributed by atoms with Crippen molar-refractivity contribution in [3.63, 3.8) is 0 Å². The van der Waals surface area contributed by atoms with Gasteiger partial charge in [-0.15, -0.1) is 0 Å². The zero-order valence-corrected chi connectivity index (χ0v) is 20.5. The quantitative estimate of drug-likeness (QED) is 0.413. The molecule has 4 heterocycles. The normalized spacial score (nSPS) is 14.4. The van der Waals surface area contributed by atoms with Crippen molar-refractivity contribution < 1.29 is 23.7 Å². The second kappa shape index (κ2) is 10.8. The van der Waals surface area contributed by atoms with Gasteiger partial charge in [0.2, 0.25) is 11.8 Å². The third-order valence-corrected chi connectivity index (χ3v) is 6.04. The van der Waals surface area contributed by atoms with Gasteiger partial charge < -0.3 is 28.8 Å². The maximum atomic E-state index is 12.7. The average Bonchev–Trinajstić information content (AvgIpc) is 3.23. The van der Waals surface area contributed by atoms with Crippen LogP contribution < -0.4 is 14.2 Å². The van der Waals surface area contributed by atoms with Crippen molar-refractivity contribution in [2.24, 2.45) is 0 Å². The van der Waals surface area contributed by atoms with Crippen LogP contribution >= 0.6 is 0 Å². The summed E-state index contributed by atoms with van der Waals surface area (Å²) in [7, 11) is 1.57. The molecule has 1 aliphatic rings. The minimum atomic E-state index is 0.0814.